The minimum absolute atomic E-state index is 0.0952. The minimum atomic E-state index is -0.467. The zero-order chi connectivity index (χ0) is 14.6. The molecule has 1 fully saturated rings. The zero-order valence-electron chi connectivity index (χ0n) is 13.0. The molecule has 0 radical (unpaired) electrons. The molecule has 1 N–H and O–H groups in total. The van der Waals surface area contributed by atoms with Crippen molar-refractivity contribution in [3.8, 4) is 0 Å². The molecule has 3 unspecified atom stereocenters. The fourth-order valence-electron chi connectivity index (χ4n) is 2.68. The van der Waals surface area contributed by atoms with E-state index in [1.807, 2.05) is 39.5 Å². The first-order valence-electron chi connectivity index (χ1n) is 7.44. The summed E-state index contributed by atoms with van der Waals surface area (Å²) in [5.74, 6) is 0.0952. The van der Waals surface area contributed by atoms with Gasteiger partial charge in [-0.1, -0.05) is 13.8 Å². The van der Waals surface area contributed by atoms with Crippen molar-refractivity contribution < 1.29 is 14.6 Å². The second-order valence-electron chi connectivity index (χ2n) is 6.57. The van der Waals surface area contributed by atoms with Crippen LogP contribution in [0.2, 0.25) is 0 Å². The number of aliphatic hydroxyl groups is 1. The molecule has 0 spiro atoms. The zero-order valence-corrected chi connectivity index (χ0v) is 13.0. The van der Waals surface area contributed by atoms with E-state index < -0.39 is 5.60 Å². The van der Waals surface area contributed by atoms with Crippen molar-refractivity contribution in [1.82, 2.24) is 4.90 Å². The molecule has 1 aliphatic rings. The molecule has 112 valence electrons. The van der Waals surface area contributed by atoms with Crippen molar-refractivity contribution in [1.29, 1.82) is 0 Å². The fraction of sp³-hybridized carbons (Fsp3) is 0.933. The highest BCUT2D eigenvalue weighted by Crippen LogP contribution is 2.27. The maximum atomic E-state index is 12.3. The largest absolute Gasteiger partial charge is 0.444 e. The summed E-state index contributed by atoms with van der Waals surface area (Å²) in [6.07, 6.45) is 3.22. The molecule has 1 rings (SSSR count). The Hall–Kier alpha value is -0.770. The average Bonchev–Trinajstić information content (AvgIpc) is 2.35. The van der Waals surface area contributed by atoms with E-state index in [0.29, 0.717) is 0 Å². The van der Waals surface area contributed by atoms with Crippen molar-refractivity contribution >= 4 is 6.09 Å². The first-order valence-corrected chi connectivity index (χ1v) is 7.44. The number of hydrogen-bond acceptors (Lipinski definition) is 3. The topological polar surface area (TPSA) is 49.8 Å². The smallest absolute Gasteiger partial charge is 0.410 e. The van der Waals surface area contributed by atoms with Gasteiger partial charge in [-0.3, -0.25) is 0 Å². The number of nitrogens with zero attached hydrogens (tertiary/aromatic N) is 1. The monoisotopic (exact) mass is 271 g/mol. The van der Waals surface area contributed by atoms with E-state index in [0.717, 1.165) is 32.2 Å². The van der Waals surface area contributed by atoms with E-state index >= 15 is 0 Å². The molecule has 19 heavy (non-hydrogen) atoms. The Morgan fingerprint density at radius 3 is 2.58 bits per heavy atom. The highest BCUT2D eigenvalue weighted by molar-refractivity contribution is 5.68. The highest BCUT2D eigenvalue weighted by atomic mass is 16.6. The Bertz CT molecular complexity index is 298. The SMILES string of the molecule is CCC(O)C(C)C1CCCCN1C(=O)OC(C)(C)C. The van der Waals surface area contributed by atoms with Crippen LogP contribution in [0.25, 0.3) is 0 Å². The van der Waals surface area contributed by atoms with Gasteiger partial charge in [-0.2, -0.15) is 0 Å². The van der Waals surface area contributed by atoms with Gasteiger partial charge >= 0.3 is 6.09 Å². The number of piperidine rings is 1. The van der Waals surface area contributed by atoms with E-state index in [2.05, 4.69) is 0 Å². The molecule has 0 aromatic carbocycles. The maximum Gasteiger partial charge on any atom is 0.410 e. The van der Waals surface area contributed by atoms with Gasteiger partial charge in [0.25, 0.3) is 0 Å². The lowest BCUT2D eigenvalue weighted by molar-refractivity contribution is -0.0135. The summed E-state index contributed by atoms with van der Waals surface area (Å²) in [5, 5.41) is 10.0. The third-order valence-electron chi connectivity index (χ3n) is 3.81. The van der Waals surface area contributed by atoms with Crippen LogP contribution in [0.5, 0.6) is 0 Å². The molecular weight excluding hydrogens is 242 g/mol. The van der Waals surface area contributed by atoms with Crippen LogP contribution >= 0.6 is 0 Å². The molecule has 0 saturated carbocycles. The van der Waals surface area contributed by atoms with Gasteiger partial charge < -0.3 is 14.7 Å². The van der Waals surface area contributed by atoms with Crippen molar-refractivity contribution in [2.45, 2.75) is 78.0 Å². The summed E-state index contributed by atoms with van der Waals surface area (Å²) in [6.45, 7) is 10.4. The Kier molecular flexibility index (Phi) is 5.65. The normalized spacial score (nSPS) is 23.9. The summed E-state index contributed by atoms with van der Waals surface area (Å²) in [5.41, 5.74) is -0.467. The molecule has 4 nitrogen and oxygen atoms in total. The van der Waals surface area contributed by atoms with E-state index in [9.17, 15) is 9.90 Å². The standard InChI is InChI=1S/C15H29NO3/c1-6-13(17)11(2)12-9-7-8-10-16(12)14(18)19-15(3,4)5/h11-13,17H,6-10H2,1-5H3. The molecule has 1 saturated heterocycles. The molecule has 3 atom stereocenters. The van der Waals surface area contributed by atoms with E-state index in [1.54, 1.807) is 0 Å². The third kappa shape index (κ3) is 4.68. The van der Waals surface area contributed by atoms with Crippen LogP contribution in [0.3, 0.4) is 0 Å². The molecule has 0 aromatic rings. The van der Waals surface area contributed by atoms with Crippen molar-refractivity contribution in [2.75, 3.05) is 6.54 Å². The fourth-order valence-corrected chi connectivity index (χ4v) is 2.68. The van der Waals surface area contributed by atoms with Crippen LogP contribution < -0.4 is 0 Å². The number of hydrogen-bond donors (Lipinski definition) is 1. The number of amides is 1. The average molecular weight is 271 g/mol. The second-order valence-corrected chi connectivity index (χ2v) is 6.57. The summed E-state index contributed by atoms with van der Waals surface area (Å²) >= 11 is 0. The quantitative estimate of drug-likeness (QED) is 0.857. The Labute approximate surface area is 117 Å². The Balaban J connectivity index is 2.74. The van der Waals surface area contributed by atoms with Gasteiger partial charge in [-0.25, -0.2) is 4.79 Å². The highest BCUT2D eigenvalue weighted by Gasteiger charge is 2.35. The molecular formula is C15H29NO3. The number of carbonyl (C=O) groups is 1. The summed E-state index contributed by atoms with van der Waals surface area (Å²) in [7, 11) is 0. The summed E-state index contributed by atoms with van der Waals surface area (Å²) in [6, 6.07) is 0.0959. The molecule has 0 bridgehead atoms. The van der Waals surface area contributed by atoms with Gasteiger partial charge in [-0.15, -0.1) is 0 Å². The first-order chi connectivity index (χ1) is 8.76. The lowest BCUT2D eigenvalue weighted by Crippen LogP contribution is -2.51. The van der Waals surface area contributed by atoms with Crippen LogP contribution in [0, 0.1) is 5.92 Å². The van der Waals surface area contributed by atoms with Crippen molar-refractivity contribution in [3.63, 3.8) is 0 Å². The third-order valence-corrected chi connectivity index (χ3v) is 3.81. The molecule has 1 heterocycles. The number of rotatable bonds is 3. The predicted molar refractivity (Wildman–Crippen MR) is 76.0 cm³/mol. The van der Waals surface area contributed by atoms with Crippen molar-refractivity contribution in [2.24, 2.45) is 5.92 Å². The second kappa shape index (κ2) is 6.60. The van der Waals surface area contributed by atoms with Crippen LogP contribution in [0.15, 0.2) is 0 Å². The molecule has 1 amide bonds. The first kappa shape index (κ1) is 16.3. The van der Waals surface area contributed by atoms with Gasteiger partial charge in [0, 0.05) is 18.5 Å². The number of aliphatic hydroxyl groups excluding tert-OH is 1. The Morgan fingerprint density at radius 1 is 1.42 bits per heavy atom. The molecule has 0 aliphatic carbocycles. The summed E-state index contributed by atoms with van der Waals surface area (Å²) < 4.78 is 5.48. The van der Waals surface area contributed by atoms with E-state index in [1.165, 1.54) is 0 Å². The van der Waals surface area contributed by atoms with Gasteiger partial charge in [0.1, 0.15) is 5.60 Å². The maximum absolute atomic E-state index is 12.3. The van der Waals surface area contributed by atoms with Gasteiger partial charge in [0.05, 0.1) is 6.10 Å². The van der Waals surface area contributed by atoms with Gasteiger partial charge in [-0.05, 0) is 46.5 Å². The lowest BCUT2D eigenvalue weighted by atomic mass is 9.87. The van der Waals surface area contributed by atoms with E-state index in [-0.39, 0.29) is 24.2 Å². The van der Waals surface area contributed by atoms with Crippen molar-refractivity contribution in [3.05, 3.63) is 0 Å². The minimum Gasteiger partial charge on any atom is -0.444 e. The summed E-state index contributed by atoms with van der Waals surface area (Å²) in [4.78, 5) is 14.1. The number of likely N-dealkylation sites (tertiary alicyclic amines) is 1. The van der Waals surface area contributed by atoms with Crippen LogP contribution in [0.4, 0.5) is 4.79 Å². The van der Waals surface area contributed by atoms with E-state index in [4.69, 9.17) is 4.74 Å². The lowest BCUT2D eigenvalue weighted by Gasteiger charge is -2.41. The molecule has 4 heteroatoms. The van der Waals surface area contributed by atoms with Gasteiger partial charge in [0.2, 0.25) is 0 Å². The van der Waals surface area contributed by atoms with Crippen LogP contribution in [-0.2, 0) is 4.74 Å². The number of carbonyl (C=O) groups excluding carboxylic acids is 1. The predicted octanol–water partition coefficient (Wildman–Crippen LogP) is 3.18. The van der Waals surface area contributed by atoms with Crippen LogP contribution in [-0.4, -0.2) is 40.4 Å². The molecule has 1 aliphatic heterocycles. The Morgan fingerprint density at radius 2 is 2.05 bits per heavy atom. The van der Waals surface area contributed by atoms with Gasteiger partial charge in [0.15, 0.2) is 0 Å². The van der Waals surface area contributed by atoms with Crippen LogP contribution in [0.1, 0.15) is 60.3 Å². The number of ether oxygens (including phenoxy) is 1. The molecule has 0 aromatic heterocycles.